The highest BCUT2D eigenvalue weighted by Crippen LogP contribution is 2.37. The number of rotatable bonds is 7. The Morgan fingerprint density at radius 3 is 2.57 bits per heavy atom. The highest BCUT2D eigenvalue weighted by molar-refractivity contribution is 9.10. The summed E-state index contributed by atoms with van der Waals surface area (Å²) in [7, 11) is 4.47. The molecule has 1 atom stereocenters. The molecule has 0 aliphatic heterocycles. The lowest BCUT2D eigenvalue weighted by Gasteiger charge is -2.44. The fourth-order valence-corrected chi connectivity index (χ4v) is 3.84. The molecule has 1 aliphatic carbocycles. The second-order valence-corrected chi connectivity index (χ2v) is 7.30. The smallest absolute Gasteiger partial charge is 0.0420 e. The van der Waals surface area contributed by atoms with E-state index in [2.05, 4.69) is 64.3 Å². The third kappa shape index (κ3) is 4.05. The van der Waals surface area contributed by atoms with Gasteiger partial charge in [0.25, 0.3) is 0 Å². The molecule has 4 heteroatoms. The molecule has 1 aliphatic rings. The van der Waals surface area contributed by atoms with Crippen LogP contribution in [-0.2, 0) is 6.42 Å². The molecule has 3 nitrogen and oxygen atoms in total. The lowest BCUT2D eigenvalue weighted by molar-refractivity contribution is 0.104. The SMILES string of the molecule is CCCNC(Cc1ccc(Br)cn1)C1(N(C)C)CCCC1. The Balaban J connectivity index is 2.18. The number of nitrogens with zero attached hydrogens (tertiary/aromatic N) is 2. The molecule has 1 fully saturated rings. The van der Waals surface area contributed by atoms with Crippen molar-refractivity contribution in [3.63, 3.8) is 0 Å². The quantitative estimate of drug-likeness (QED) is 0.811. The molecule has 1 N–H and O–H groups in total. The Morgan fingerprint density at radius 2 is 2.05 bits per heavy atom. The summed E-state index contributed by atoms with van der Waals surface area (Å²) in [4.78, 5) is 7.03. The van der Waals surface area contributed by atoms with Gasteiger partial charge in [0.2, 0.25) is 0 Å². The lowest BCUT2D eigenvalue weighted by atomic mass is 9.83. The molecular formula is C17H28BrN3. The Kier molecular flexibility index (Phi) is 6.20. The Bertz CT molecular complexity index is 424. The van der Waals surface area contributed by atoms with E-state index in [1.807, 2.05) is 6.20 Å². The van der Waals surface area contributed by atoms with E-state index in [-0.39, 0.29) is 5.54 Å². The summed E-state index contributed by atoms with van der Waals surface area (Å²) in [6, 6.07) is 4.71. The minimum atomic E-state index is 0.282. The van der Waals surface area contributed by atoms with Gasteiger partial charge in [0, 0.05) is 34.4 Å². The Hall–Kier alpha value is -0.450. The Morgan fingerprint density at radius 1 is 1.33 bits per heavy atom. The fraction of sp³-hybridized carbons (Fsp3) is 0.706. The standard InChI is InChI=1S/C17H28BrN3/c1-4-11-19-16(12-15-8-7-14(18)13-20-15)17(21(2)3)9-5-6-10-17/h7-8,13,16,19H,4-6,9-12H2,1-3H3. The van der Waals surface area contributed by atoms with Crippen LogP contribution in [0.4, 0.5) is 0 Å². The van der Waals surface area contributed by atoms with Crippen molar-refractivity contribution in [1.82, 2.24) is 15.2 Å². The van der Waals surface area contributed by atoms with Crippen LogP contribution < -0.4 is 5.32 Å². The van der Waals surface area contributed by atoms with Crippen molar-refractivity contribution in [2.24, 2.45) is 0 Å². The molecule has 1 aromatic rings. The van der Waals surface area contributed by atoms with Gasteiger partial charge in [-0.25, -0.2) is 0 Å². The zero-order valence-corrected chi connectivity index (χ0v) is 15.1. The van der Waals surface area contributed by atoms with Crippen molar-refractivity contribution >= 4 is 15.9 Å². The van der Waals surface area contributed by atoms with Crippen LogP contribution in [0.5, 0.6) is 0 Å². The third-order valence-corrected chi connectivity index (χ3v) is 5.32. The van der Waals surface area contributed by atoms with Crippen LogP contribution in [0, 0.1) is 0 Å². The van der Waals surface area contributed by atoms with E-state index < -0.39 is 0 Å². The highest BCUT2D eigenvalue weighted by atomic mass is 79.9. The monoisotopic (exact) mass is 353 g/mol. The highest BCUT2D eigenvalue weighted by Gasteiger charge is 2.42. The molecule has 0 aromatic carbocycles. The van der Waals surface area contributed by atoms with E-state index in [4.69, 9.17) is 0 Å². The van der Waals surface area contributed by atoms with Gasteiger partial charge >= 0.3 is 0 Å². The molecule has 1 unspecified atom stereocenters. The third-order valence-electron chi connectivity index (χ3n) is 4.85. The average Bonchev–Trinajstić information content (AvgIpc) is 2.96. The number of pyridine rings is 1. The van der Waals surface area contributed by atoms with E-state index in [9.17, 15) is 0 Å². The van der Waals surface area contributed by atoms with Crippen LogP contribution in [0.15, 0.2) is 22.8 Å². The number of aromatic nitrogens is 1. The molecule has 0 amide bonds. The van der Waals surface area contributed by atoms with Gasteiger partial charge in [-0.1, -0.05) is 19.8 Å². The van der Waals surface area contributed by atoms with Crippen LogP contribution >= 0.6 is 15.9 Å². The maximum Gasteiger partial charge on any atom is 0.0420 e. The maximum absolute atomic E-state index is 4.58. The van der Waals surface area contributed by atoms with Gasteiger partial charge in [-0.2, -0.15) is 0 Å². The van der Waals surface area contributed by atoms with E-state index in [0.29, 0.717) is 6.04 Å². The predicted molar refractivity (Wildman–Crippen MR) is 92.6 cm³/mol. The van der Waals surface area contributed by atoms with Crippen molar-refractivity contribution < 1.29 is 0 Å². The minimum Gasteiger partial charge on any atom is -0.312 e. The number of likely N-dealkylation sites (N-methyl/N-ethyl adjacent to an activating group) is 1. The van der Waals surface area contributed by atoms with Gasteiger partial charge in [0.05, 0.1) is 0 Å². The first-order chi connectivity index (χ1) is 10.1. The molecular weight excluding hydrogens is 326 g/mol. The minimum absolute atomic E-state index is 0.282. The number of nitrogens with one attached hydrogen (secondary N) is 1. The van der Waals surface area contributed by atoms with E-state index in [1.54, 1.807) is 0 Å². The van der Waals surface area contributed by atoms with Crippen LogP contribution in [-0.4, -0.2) is 42.1 Å². The lowest BCUT2D eigenvalue weighted by Crippen LogP contribution is -2.58. The van der Waals surface area contributed by atoms with Crippen molar-refractivity contribution in [3.05, 3.63) is 28.5 Å². The molecule has 0 spiro atoms. The van der Waals surface area contributed by atoms with Gasteiger partial charge in [-0.3, -0.25) is 4.98 Å². The van der Waals surface area contributed by atoms with Crippen LogP contribution in [0.3, 0.4) is 0 Å². The van der Waals surface area contributed by atoms with Gasteiger partial charge < -0.3 is 10.2 Å². The zero-order chi connectivity index (χ0) is 15.3. The molecule has 0 radical (unpaired) electrons. The molecule has 2 rings (SSSR count). The summed E-state index contributed by atoms with van der Waals surface area (Å²) >= 11 is 3.47. The molecule has 0 saturated heterocycles. The normalized spacial score (nSPS) is 19.1. The molecule has 118 valence electrons. The molecule has 21 heavy (non-hydrogen) atoms. The van der Waals surface area contributed by atoms with Crippen molar-refractivity contribution in [2.75, 3.05) is 20.6 Å². The molecule has 1 aromatic heterocycles. The van der Waals surface area contributed by atoms with Crippen molar-refractivity contribution in [2.45, 2.75) is 57.0 Å². The average molecular weight is 354 g/mol. The molecule has 1 saturated carbocycles. The van der Waals surface area contributed by atoms with Crippen molar-refractivity contribution in [1.29, 1.82) is 0 Å². The van der Waals surface area contributed by atoms with E-state index in [1.165, 1.54) is 37.8 Å². The Labute approximate surface area is 137 Å². The first kappa shape index (κ1) is 16.9. The molecule has 1 heterocycles. The summed E-state index contributed by atoms with van der Waals surface area (Å²) in [6.45, 7) is 3.32. The second kappa shape index (κ2) is 7.70. The summed E-state index contributed by atoms with van der Waals surface area (Å²) < 4.78 is 1.05. The zero-order valence-electron chi connectivity index (χ0n) is 13.5. The fourth-order valence-electron chi connectivity index (χ4n) is 3.60. The summed E-state index contributed by atoms with van der Waals surface area (Å²) in [6.07, 6.45) is 9.35. The maximum atomic E-state index is 4.58. The molecule has 0 bridgehead atoms. The van der Waals surface area contributed by atoms with Gasteiger partial charge in [0.1, 0.15) is 0 Å². The van der Waals surface area contributed by atoms with Crippen molar-refractivity contribution in [3.8, 4) is 0 Å². The number of hydrogen-bond donors (Lipinski definition) is 1. The van der Waals surface area contributed by atoms with E-state index >= 15 is 0 Å². The summed E-state index contributed by atoms with van der Waals surface area (Å²) in [5.74, 6) is 0. The van der Waals surface area contributed by atoms with Gasteiger partial charge in [0.15, 0.2) is 0 Å². The van der Waals surface area contributed by atoms with Crippen LogP contribution in [0.2, 0.25) is 0 Å². The first-order valence-corrected chi connectivity index (χ1v) is 8.89. The van der Waals surface area contributed by atoms with Crippen LogP contribution in [0.25, 0.3) is 0 Å². The summed E-state index contributed by atoms with van der Waals surface area (Å²) in [5.41, 5.74) is 1.46. The van der Waals surface area contributed by atoms with Crippen LogP contribution in [0.1, 0.15) is 44.7 Å². The van der Waals surface area contributed by atoms with Gasteiger partial charge in [-0.15, -0.1) is 0 Å². The first-order valence-electron chi connectivity index (χ1n) is 8.10. The summed E-state index contributed by atoms with van der Waals surface area (Å²) in [5, 5.41) is 3.80. The number of halogens is 1. The van der Waals surface area contributed by atoms with E-state index in [0.717, 1.165) is 17.4 Å². The second-order valence-electron chi connectivity index (χ2n) is 6.38. The topological polar surface area (TPSA) is 28.2 Å². The number of hydrogen-bond acceptors (Lipinski definition) is 3. The predicted octanol–water partition coefficient (Wildman–Crippen LogP) is 3.63. The van der Waals surface area contributed by atoms with Gasteiger partial charge in [-0.05, 0) is 68.0 Å². The largest absolute Gasteiger partial charge is 0.312 e.